The van der Waals surface area contributed by atoms with Crippen LogP contribution in [0.1, 0.15) is 37.5 Å². The normalized spacial score (nSPS) is 11.2. The van der Waals surface area contributed by atoms with Crippen LogP contribution in [0.3, 0.4) is 0 Å². The Labute approximate surface area is 153 Å². The van der Waals surface area contributed by atoms with Crippen molar-refractivity contribution in [3.05, 3.63) is 47.0 Å². The van der Waals surface area contributed by atoms with E-state index >= 15 is 0 Å². The third-order valence-corrected chi connectivity index (χ3v) is 4.22. The SMILES string of the molecule is CCc1cc(-c2nnc(-c3ccc(OC(C)C)c(C)c3)o2)cc(C)c1O. The molecule has 0 aliphatic rings. The summed E-state index contributed by atoms with van der Waals surface area (Å²) in [6.07, 6.45) is 0.859. The van der Waals surface area contributed by atoms with Gasteiger partial charge in [-0.3, -0.25) is 0 Å². The van der Waals surface area contributed by atoms with Crippen LogP contribution < -0.4 is 4.74 Å². The van der Waals surface area contributed by atoms with Crippen LogP contribution in [-0.2, 0) is 6.42 Å². The van der Waals surface area contributed by atoms with Crippen molar-refractivity contribution in [2.45, 2.75) is 47.1 Å². The van der Waals surface area contributed by atoms with E-state index in [-0.39, 0.29) is 6.10 Å². The quantitative estimate of drug-likeness (QED) is 0.694. The van der Waals surface area contributed by atoms with Crippen LogP contribution in [-0.4, -0.2) is 21.4 Å². The summed E-state index contributed by atoms with van der Waals surface area (Å²) in [7, 11) is 0. The van der Waals surface area contributed by atoms with Gasteiger partial charge in [-0.05, 0) is 81.1 Å². The van der Waals surface area contributed by atoms with Crippen LogP contribution >= 0.6 is 0 Å². The standard InChI is InChI=1S/C21H24N2O3/c1-6-15-11-17(10-14(5)19(15)24)21-23-22-20(26-21)16-7-8-18(13(4)9-16)25-12(2)3/h7-12,24H,6H2,1-5H3. The summed E-state index contributed by atoms with van der Waals surface area (Å²) in [4.78, 5) is 0. The van der Waals surface area contributed by atoms with E-state index in [9.17, 15) is 5.11 Å². The van der Waals surface area contributed by atoms with Gasteiger partial charge in [-0.15, -0.1) is 10.2 Å². The number of aromatic nitrogens is 2. The van der Waals surface area contributed by atoms with E-state index < -0.39 is 0 Å². The molecule has 1 heterocycles. The maximum Gasteiger partial charge on any atom is 0.248 e. The van der Waals surface area contributed by atoms with Gasteiger partial charge in [-0.2, -0.15) is 0 Å². The molecule has 26 heavy (non-hydrogen) atoms. The highest BCUT2D eigenvalue weighted by atomic mass is 16.5. The smallest absolute Gasteiger partial charge is 0.248 e. The molecule has 0 saturated carbocycles. The lowest BCUT2D eigenvalue weighted by molar-refractivity contribution is 0.241. The van der Waals surface area contributed by atoms with Crippen molar-refractivity contribution in [1.29, 1.82) is 0 Å². The average Bonchev–Trinajstić information content (AvgIpc) is 3.08. The van der Waals surface area contributed by atoms with Gasteiger partial charge in [0.2, 0.25) is 11.8 Å². The largest absolute Gasteiger partial charge is 0.507 e. The van der Waals surface area contributed by atoms with Gasteiger partial charge in [-0.1, -0.05) is 6.92 Å². The van der Waals surface area contributed by atoms with E-state index in [0.29, 0.717) is 17.5 Å². The maximum absolute atomic E-state index is 10.1. The summed E-state index contributed by atoms with van der Waals surface area (Å²) in [6.45, 7) is 9.87. The van der Waals surface area contributed by atoms with Crippen molar-refractivity contribution in [1.82, 2.24) is 10.2 Å². The molecule has 3 aromatic rings. The van der Waals surface area contributed by atoms with Crippen LogP contribution in [0.25, 0.3) is 22.9 Å². The molecule has 2 aromatic carbocycles. The van der Waals surface area contributed by atoms with Gasteiger partial charge in [0.25, 0.3) is 0 Å². The van der Waals surface area contributed by atoms with Crippen molar-refractivity contribution in [2.24, 2.45) is 0 Å². The number of phenolic OH excluding ortho intramolecular Hbond substituents is 1. The summed E-state index contributed by atoms with van der Waals surface area (Å²) in [6, 6.07) is 9.57. The second kappa shape index (κ2) is 7.20. The zero-order chi connectivity index (χ0) is 18.8. The Bertz CT molecular complexity index is 929. The minimum atomic E-state index is 0.125. The van der Waals surface area contributed by atoms with Crippen LogP contribution in [0, 0.1) is 13.8 Å². The molecule has 0 fully saturated rings. The molecule has 1 aromatic heterocycles. The number of aryl methyl sites for hydroxylation is 3. The van der Waals surface area contributed by atoms with Crippen molar-refractivity contribution >= 4 is 0 Å². The average molecular weight is 352 g/mol. The number of nitrogens with zero attached hydrogens (tertiary/aromatic N) is 2. The Hall–Kier alpha value is -2.82. The molecular weight excluding hydrogens is 328 g/mol. The summed E-state index contributed by atoms with van der Waals surface area (Å²) in [5.74, 6) is 2.08. The van der Waals surface area contributed by atoms with E-state index in [1.54, 1.807) is 0 Å². The van der Waals surface area contributed by atoms with Gasteiger partial charge >= 0.3 is 0 Å². The van der Waals surface area contributed by atoms with Gasteiger partial charge in [0.15, 0.2) is 0 Å². The van der Waals surface area contributed by atoms with Crippen LogP contribution in [0.5, 0.6) is 11.5 Å². The van der Waals surface area contributed by atoms with E-state index in [2.05, 4.69) is 10.2 Å². The second-order valence-electron chi connectivity index (χ2n) is 6.71. The minimum absolute atomic E-state index is 0.125. The Kier molecular flexibility index (Phi) is 4.98. The Morgan fingerprint density at radius 2 is 1.65 bits per heavy atom. The first-order valence-corrected chi connectivity index (χ1v) is 8.83. The van der Waals surface area contributed by atoms with Crippen molar-refractivity contribution in [3.8, 4) is 34.4 Å². The molecule has 1 N–H and O–H groups in total. The molecule has 3 rings (SSSR count). The number of benzene rings is 2. The molecule has 0 amide bonds. The van der Waals surface area contributed by atoms with Gasteiger partial charge in [0.05, 0.1) is 6.10 Å². The Balaban J connectivity index is 1.93. The fraction of sp³-hybridized carbons (Fsp3) is 0.333. The monoisotopic (exact) mass is 352 g/mol. The van der Waals surface area contributed by atoms with Crippen LogP contribution in [0.4, 0.5) is 0 Å². The van der Waals surface area contributed by atoms with Crippen molar-refractivity contribution in [2.75, 3.05) is 0 Å². The summed E-state index contributed by atoms with van der Waals surface area (Å²) >= 11 is 0. The van der Waals surface area contributed by atoms with Gasteiger partial charge in [0.1, 0.15) is 11.5 Å². The second-order valence-corrected chi connectivity index (χ2v) is 6.71. The fourth-order valence-electron chi connectivity index (χ4n) is 2.87. The number of hydrogen-bond acceptors (Lipinski definition) is 5. The third kappa shape index (κ3) is 3.57. The molecule has 0 atom stereocenters. The molecule has 0 radical (unpaired) electrons. The van der Waals surface area contributed by atoms with Gasteiger partial charge in [0, 0.05) is 11.1 Å². The molecule has 0 unspecified atom stereocenters. The zero-order valence-electron chi connectivity index (χ0n) is 15.8. The van der Waals surface area contributed by atoms with Crippen LogP contribution in [0.15, 0.2) is 34.7 Å². The number of rotatable bonds is 5. The highest BCUT2D eigenvalue weighted by molar-refractivity contribution is 5.63. The van der Waals surface area contributed by atoms with Crippen LogP contribution in [0.2, 0.25) is 0 Å². The van der Waals surface area contributed by atoms with Gasteiger partial charge in [-0.25, -0.2) is 0 Å². The molecule has 0 saturated heterocycles. The molecule has 0 aliphatic carbocycles. The lowest BCUT2D eigenvalue weighted by Crippen LogP contribution is -2.06. The van der Waals surface area contributed by atoms with Crippen molar-refractivity contribution < 1.29 is 14.3 Å². The lowest BCUT2D eigenvalue weighted by Gasteiger charge is -2.12. The summed E-state index contributed by atoms with van der Waals surface area (Å²) in [5, 5.41) is 18.5. The van der Waals surface area contributed by atoms with E-state index in [0.717, 1.165) is 40.0 Å². The number of ether oxygens (including phenoxy) is 1. The van der Waals surface area contributed by atoms with E-state index in [1.165, 1.54) is 0 Å². The van der Waals surface area contributed by atoms with E-state index in [1.807, 2.05) is 65.0 Å². The molecule has 0 spiro atoms. The molecule has 5 nitrogen and oxygen atoms in total. The Morgan fingerprint density at radius 3 is 2.27 bits per heavy atom. The van der Waals surface area contributed by atoms with E-state index in [4.69, 9.17) is 9.15 Å². The highest BCUT2D eigenvalue weighted by Crippen LogP contribution is 2.32. The summed E-state index contributed by atoms with van der Waals surface area (Å²) in [5.41, 5.74) is 4.34. The Morgan fingerprint density at radius 1 is 1.00 bits per heavy atom. The van der Waals surface area contributed by atoms with Gasteiger partial charge < -0.3 is 14.3 Å². The van der Waals surface area contributed by atoms with Crippen molar-refractivity contribution in [3.63, 3.8) is 0 Å². The molecule has 0 bridgehead atoms. The molecule has 5 heteroatoms. The molecule has 0 aliphatic heterocycles. The lowest BCUT2D eigenvalue weighted by atomic mass is 10.0. The topological polar surface area (TPSA) is 68.4 Å². The zero-order valence-corrected chi connectivity index (χ0v) is 15.8. The first-order valence-electron chi connectivity index (χ1n) is 8.83. The fourth-order valence-corrected chi connectivity index (χ4v) is 2.87. The highest BCUT2D eigenvalue weighted by Gasteiger charge is 2.15. The molecular formula is C21H24N2O3. The predicted octanol–water partition coefficient (Wildman–Crippen LogP) is 5.08. The summed E-state index contributed by atoms with van der Waals surface area (Å²) < 4.78 is 11.7. The minimum Gasteiger partial charge on any atom is -0.507 e. The number of phenols is 1. The third-order valence-electron chi connectivity index (χ3n) is 4.22. The first-order chi connectivity index (χ1) is 12.4. The maximum atomic E-state index is 10.1. The first kappa shape index (κ1) is 18.0. The molecule has 136 valence electrons. The number of aromatic hydroxyl groups is 1. The number of hydrogen-bond donors (Lipinski definition) is 1. The predicted molar refractivity (Wildman–Crippen MR) is 101 cm³/mol.